The van der Waals surface area contributed by atoms with E-state index in [-0.39, 0.29) is 12.2 Å². The molecule has 0 saturated carbocycles. The fourth-order valence-electron chi connectivity index (χ4n) is 2.65. The number of nitrogens with two attached hydrogens (primary N) is 1. The number of pyridine rings is 1. The molecule has 2 aromatic heterocycles. The number of nitrogen functional groups attached to an aromatic ring is 1. The van der Waals surface area contributed by atoms with Crippen LogP contribution in [0.2, 0.25) is 0 Å². The van der Waals surface area contributed by atoms with Crippen LogP contribution in [0.15, 0.2) is 24.5 Å². The maximum atomic E-state index is 6.06. The third-order valence-corrected chi connectivity index (χ3v) is 4.68. The average molecular weight is 306 g/mol. The molecule has 1 saturated heterocycles. The summed E-state index contributed by atoms with van der Waals surface area (Å²) in [4.78, 5) is 6.39. The first kappa shape index (κ1) is 14.2. The van der Waals surface area contributed by atoms with Gasteiger partial charge in [0.2, 0.25) is 0 Å². The first-order chi connectivity index (χ1) is 10.2. The zero-order chi connectivity index (χ0) is 14.8. The number of methoxy groups -OCH3 is 2. The Morgan fingerprint density at radius 2 is 2.00 bits per heavy atom. The summed E-state index contributed by atoms with van der Waals surface area (Å²) < 4.78 is 15.3. The molecule has 2 aromatic rings. The van der Waals surface area contributed by atoms with Crippen LogP contribution in [0.4, 0.5) is 10.8 Å². The second kappa shape index (κ2) is 5.97. The highest BCUT2D eigenvalue weighted by atomic mass is 32.1. The SMILES string of the molecule is COC1CN(c2snc(N)c2-c2cccnc2)CC1OC. The Hall–Kier alpha value is -1.70. The van der Waals surface area contributed by atoms with Gasteiger partial charge in [-0.1, -0.05) is 6.07 Å². The smallest absolute Gasteiger partial charge is 0.147 e. The van der Waals surface area contributed by atoms with Crippen molar-refractivity contribution in [1.82, 2.24) is 9.36 Å². The van der Waals surface area contributed by atoms with E-state index in [4.69, 9.17) is 15.2 Å². The van der Waals surface area contributed by atoms with Crippen molar-refractivity contribution in [1.29, 1.82) is 0 Å². The van der Waals surface area contributed by atoms with Crippen molar-refractivity contribution >= 4 is 22.4 Å². The van der Waals surface area contributed by atoms with Crippen molar-refractivity contribution < 1.29 is 9.47 Å². The van der Waals surface area contributed by atoms with Crippen LogP contribution in [0.1, 0.15) is 0 Å². The Bertz CT molecular complexity index is 592. The van der Waals surface area contributed by atoms with Gasteiger partial charge >= 0.3 is 0 Å². The molecule has 0 amide bonds. The number of hydrogen-bond acceptors (Lipinski definition) is 7. The molecule has 0 radical (unpaired) electrons. The summed E-state index contributed by atoms with van der Waals surface area (Å²) >= 11 is 1.41. The van der Waals surface area contributed by atoms with Crippen LogP contribution in [0.25, 0.3) is 11.1 Å². The Morgan fingerprint density at radius 3 is 2.57 bits per heavy atom. The van der Waals surface area contributed by atoms with Crippen molar-refractivity contribution in [3.8, 4) is 11.1 Å². The molecular weight excluding hydrogens is 288 g/mol. The standard InChI is InChI=1S/C14H18N4O2S/c1-19-10-7-18(8-11(10)20-2)14-12(13(15)17-21-14)9-4-3-5-16-6-9/h3-6,10-11H,7-8H2,1-2H3,(H2,15,17). The Labute approximate surface area is 127 Å². The van der Waals surface area contributed by atoms with Gasteiger partial charge in [-0.3, -0.25) is 4.98 Å². The maximum absolute atomic E-state index is 6.06. The van der Waals surface area contributed by atoms with Gasteiger partial charge in [0.25, 0.3) is 0 Å². The van der Waals surface area contributed by atoms with Crippen LogP contribution in [0, 0.1) is 0 Å². The summed E-state index contributed by atoms with van der Waals surface area (Å²) in [6.45, 7) is 1.54. The highest BCUT2D eigenvalue weighted by Gasteiger charge is 2.35. The number of aromatic nitrogens is 2. The molecule has 2 atom stereocenters. The summed E-state index contributed by atoms with van der Waals surface area (Å²) in [6, 6.07) is 3.89. The Morgan fingerprint density at radius 1 is 1.29 bits per heavy atom. The molecule has 6 nitrogen and oxygen atoms in total. The number of nitrogens with zero attached hydrogens (tertiary/aromatic N) is 3. The number of hydrogen-bond donors (Lipinski definition) is 1. The lowest BCUT2D eigenvalue weighted by molar-refractivity contribution is -0.00461. The topological polar surface area (TPSA) is 73.5 Å². The molecule has 1 aliphatic heterocycles. The molecule has 3 heterocycles. The molecule has 3 rings (SSSR count). The van der Waals surface area contributed by atoms with Crippen molar-refractivity contribution in [2.75, 3.05) is 37.9 Å². The van der Waals surface area contributed by atoms with Gasteiger partial charge in [0.15, 0.2) is 0 Å². The zero-order valence-corrected chi connectivity index (χ0v) is 12.8. The first-order valence-corrected chi connectivity index (χ1v) is 7.48. The number of rotatable bonds is 4. The van der Waals surface area contributed by atoms with Gasteiger partial charge in [-0.25, -0.2) is 0 Å². The fraction of sp³-hybridized carbons (Fsp3) is 0.429. The normalized spacial score (nSPS) is 21.9. The van der Waals surface area contributed by atoms with Gasteiger partial charge in [-0.05, 0) is 17.6 Å². The summed E-state index contributed by atoms with van der Waals surface area (Å²) in [5, 5.41) is 1.04. The van der Waals surface area contributed by atoms with Gasteiger partial charge in [-0.15, -0.1) is 0 Å². The lowest BCUT2D eigenvalue weighted by Gasteiger charge is -2.17. The van der Waals surface area contributed by atoms with E-state index in [2.05, 4.69) is 14.3 Å². The van der Waals surface area contributed by atoms with E-state index in [0.29, 0.717) is 5.82 Å². The third-order valence-electron chi connectivity index (χ3n) is 3.76. The molecule has 2 N–H and O–H groups in total. The van der Waals surface area contributed by atoms with Crippen LogP contribution < -0.4 is 10.6 Å². The lowest BCUT2D eigenvalue weighted by Crippen LogP contribution is -2.27. The highest BCUT2D eigenvalue weighted by Crippen LogP contribution is 2.40. The fourth-order valence-corrected chi connectivity index (χ4v) is 3.51. The third kappa shape index (κ3) is 2.59. The van der Waals surface area contributed by atoms with E-state index in [1.807, 2.05) is 12.1 Å². The van der Waals surface area contributed by atoms with Crippen molar-refractivity contribution in [3.05, 3.63) is 24.5 Å². The average Bonchev–Trinajstić information content (AvgIpc) is 3.10. The van der Waals surface area contributed by atoms with E-state index >= 15 is 0 Å². The summed E-state index contributed by atoms with van der Waals surface area (Å²) in [5.41, 5.74) is 7.98. The van der Waals surface area contributed by atoms with Crippen LogP contribution in [-0.4, -0.2) is 48.9 Å². The molecular formula is C14H18N4O2S. The predicted octanol–water partition coefficient (Wildman–Crippen LogP) is 1.64. The van der Waals surface area contributed by atoms with E-state index in [9.17, 15) is 0 Å². The monoisotopic (exact) mass is 306 g/mol. The van der Waals surface area contributed by atoms with E-state index < -0.39 is 0 Å². The summed E-state index contributed by atoms with van der Waals surface area (Å²) in [5.74, 6) is 0.540. The number of ether oxygens (including phenoxy) is 2. The minimum atomic E-state index is 0.0556. The molecule has 0 bridgehead atoms. The minimum absolute atomic E-state index is 0.0556. The zero-order valence-electron chi connectivity index (χ0n) is 12.0. The van der Waals surface area contributed by atoms with Gasteiger partial charge in [0, 0.05) is 45.3 Å². The second-order valence-corrected chi connectivity index (χ2v) is 5.69. The van der Waals surface area contributed by atoms with Gasteiger partial charge in [0.1, 0.15) is 23.0 Å². The van der Waals surface area contributed by atoms with Gasteiger partial charge in [-0.2, -0.15) is 4.37 Å². The lowest BCUT2D eigenvalue weighted by atomic mass is 10.1. The quantitative estimate of drug-likeness (QED) is 0.925. The van der Waals surface area contributed by atoms with Crippen LogP contribution in [-0.2, 0) is 9.47 Å². The first-order valence-electron chi connectivity index (χ1n) is 6.70. The highest BCUT2D eigenvalue weighted by molar-refractivity contribution is 7.11. The molecule has 0 aromatic carbocycles. The van der Waals surface area contributed by atoms with Crippen LogP contribution in [0.3, 0.4) is 0 Å². The molecule has 0 aliphatic carbocycles. The van der Waals surface area contributed by atoms with Crippen LogP contribution >= 0.6 is 11.5 Å². The minimum Gasteiger partial charge on any atom is -0.382 e. The van der Waals surface area contributed by atoms with Crippen molar-refractivity contribution in [3.63, 3.8) is 0 Å². The molecule has 1 aliphatic rings. The molecule has 0 spiro atoms. The molecule has 112 valence electrons. The largest absolute Gasteiger partial charge is 0.382 e. The van der Waals surface area contributed by atoms with Crippen LogP contribution in [0.5, 0.6) is 0 Å². The summed E-state index contributed by atoms with van der Waals surface area (Å²) in [6.07, 6.45) is 3.67. The van der Waals surface area contributed by atoms with Gasteiger partial charge in [0.05, 0.1) is 5.56 Å². The molecule has 2 unspecified atom stereocenters. The van der Waals surface area contributed by atoms with Crippen molar-refractivity contribution in [2.24, 2.45) is 0 Å². The number of anilines is 2. The van der Waals surface area contributed by atoms with E-state index in [1.165, 1.54) is 11.5 Å². The Balaban J connectivity index is 1.94. The summed E-state index contributed by atoms with van der Waals surface area (Å²) in [7, 11) is 3.42. The molecule has 21 heavy (non-hydrogen) atoms. The van der Waals surface area contributed by atoms with E-state index in [1.54, 1.807) is 26.6 Å². The van der Waals surface area contributed by atoms with Gasteiger partial charge < -0.3 is 20.1 Å². The molecule has 1 fully saturated rings. The molecule has 7 heteroatoms. The van der Waals surface area contributed by atoms with Crippen molar-refractivity contribution in [2.45, 2.75) is 12.2 Å². The predicted molar refractivity (Wildman–Crippen MR) is 83.6 cm³/mol. The Kier molecular flexibility index (Phi) is 4.05. The second-order valence-electron chi connectivity index (χ2n) is 4.94. The maximum Gasteiger partial charge on any atom is 0.147 e. The van der Waals surface area contributed by atoms with E-state index in [0.717, 1.165) is 29.2 Å².